The van der Waals surface area contributed by atoms with Gasteiger partial charge in [0, 0.05) is 23.8 Å². The van der Waals surface area contributed by atoms with Crippen molar-refractivity contribution in [3.05, 3.63) is 60.2 Å². The van der Waals surface area contributed by atoms with Gasteiger partial charge >= 0.3 is 6.18 Å². The molecule has 40 heavy (non-hydrogen) atoms. The van der Waals surface area contributed by atoms with Crippen LogP contribution < -0.4 is 10.6 Å². The van der Waals surface area contributed by atoms with Gasteiger partial charge in [-0.15, -0.1) is 0 Å². The largest absolute Gasteiger partial charge is 0.416 e. The molecule has 2 aromatic carbocycles. The van der Waals surface area contributed by atoms with Crippen LogP contribution in [0.5, 0.6) is 0 Å². The number of hydrogen-bond acceptors (Lipinski definition) is 5. The number of amides is 2. The Labute approximate surface area is 233 Å². The molecule has 2 saturated carbocycles. The van der Waals surface area contributed by atoms with Crippen LogP contribution in [0.4, 0.5) is 18.9 Å². The van der Waals surface area contributed by atoms with Crippen molar-refractivity contribution in [2.24, 2.45) is 17.1 Å². The molecule has 2 fully saturated rings. The van der Waals surface area contributed by atoms with Crippen molar-refractivity contribution in [1.82, 2.24) is 4.90 Å². The van der Waals surface area contributed by atoms with Crippen LogP contribution in [0.1, 0.15) is 51.5 Å². The zero-order chi connectivity index (χ0) is 29.5. The maximum absolute atomic E-state index is 14.0. The fourth-order valence-electron chi connectivity index (χ4n) is 5.75. The van der Waals surface area contributed by atoms with Crippen molar-refractivity contribution in [2.45, 2.75) is 75.1 Å². The van der Waals surface area contributed by atoms with Crippen LogP contribution in [-0.4, -0.2) is 56.1 Å². The Kier molecular flexibility index (Phi) is 8.38. The highest BCUT2D eigenvalue weighted by atomic mass is 32.2. The molecule has 0 bridgehead atoms. The van der Waals surface area contributed by atoms with E-state index in [9.17, 15) is 31.2 Å². The summed E-state index contributed by atoms with van der Waals surface area (Å²) in [5.74, 6) is -2.39. The van der Waals surface area contributed by atoms with E-state index >= 15 is 0 Å². The first-order chi connectivity index (χ1) is 18.7. The standard InChI is InChI=1S/C29H36F3N3O4S/c1-19(2)34(3)22-12-13-25(20(16-22)18-40(38,39)24-10-5-4-6-11-24)35(27(37)28(14-15-28)26(33)36)23-9-7-8-21(17-23)29(30,31)32/h4-11,17,19-20,22,25H,12-16,18H2,1-3H3,(H2,33,36)/t20-,22+,25-/m0/s1. The molecule has 2 aliphatic rings. The van der Waals surface area contributed by atoms with Gasteiger partial charge in [-0.05, 0) is 89.2 Å². The molecular weight excluding hydrogens is 543 g/mol. The van der Waals surface area contributed by atoms with Crippen LogP contribution in [0.3, 0.4) is 0 Å². The van der Waals surface area contributed by atoms with E-state index in [1.165, 1.54) is 29.2 Å². The highest BCUT2D eigenvalue weighted by Gasteiger charge is 2.59. The van der Waals surface area contributed by atoms with E-state index in [0.29, 0.717) is 19.3 Å². The van der Waals surface area contributed by atoms with E-state index in [1.54, 1.807) is 18.2 Å². The van der Waals surface area contributed by atoms with Gasteiger partial charge in [0.05, 0.1) is 16.2 Å². The number of nitrogens with two attached hydrogens (primary N) is 1. The first-order valence-corrected chi connectivity index (χ1v) is 15.1. The topological polar surface area (TPSA) is 101 Å². The molecule has 4 rings (SSSR count). The number of carbonyl (C=O) groups excluding carboxylic acids is 2. The monoisotopic (exact) mass is 579 g/mol. The Morgan fingerprint density at radius 3 is 2.25 bits per heavy atom. The predicted octanol–water partition coefficient (Wildman–Crippen LogP) is 4.66. The minimum atomic E-state index is -4.65. The average Bonchev–Trinajstić information content (AvgIpc) is 3.72. The van der Waals surface area contributed by atoms with Gasteiger partial charge in [-0.1, -0.05) is 24.3 Å². The summed E-state index contributed by atoms with van der Waals surface area (Å²) in [4.78, 5) is 29.9. The van der Waals surface area contributed by atoms with Crippen molar-refractivity contribution in [2.75, 3.05) is 17.7 Å². The fraction of sp³-hybridized carbons (Fsp3) is 0.517. The normalized spacial score (nSPS) is 22.8. The molecule has 7 nitrogen and oxygen atoms in total. The summed E-state index contributed by atoms with van der Waals surface area (Å²) in [6.07, 6.45) is -2.87. The van der Waals surface area contributed by atoms with Crippen molar-refractivity contribution in [3.8, 4) is 0 Å². The maximum atomic E-state index is 14.0. The van der Waals surface area contributed by atoms with E-state index in [4.69, 9.17) is 5.73 Å². The fourth-order valence-corrected chi connectivity index (χ4v) is 7.44. The molecule has 0 radical (unpaired) electrons. The quantitative estimate of drug-likeness (QED) is 0.436. The molecule has 218 valence electrons. The van der Waals surface area contributed by atoms with Gasteiger partial charge in [0.15, 0.2) is 9.84 Å². The predicted molar refractivity (Wildman–Crippen MR) is 146 cm³/mol. The van der Waals surface area contributed by atoms with Crippen LogP contribution in [0.25, 0.3) is 0 Å². The zero-order valence-electron chi connectivity index (χ0n) is 22.9. The Bertz CT molecular complexity index is 1340. The molecule has 0 spiro atoms. The van der Waals surface area contributed by atoms with E-state index in [0.717, 1.165) is 12.1 Å². The number of primary amides is 1. The third-order valence-electron chi connectivity index (χ3n) is 8.47. The van der Waals surface area contributed by atoms with Crippen LogP contribution in [0.15, 0.2) is 59.5 Å². The minimum absolute atomic E-state index is 0.0108. The Morgan fingerprint density at radius 2 is 1.70 bits per heavy atom. The average molecular weight is 580 g/mol. The first kappa shape index (κ1) is 30.0. The van der Waals surface area contributed by atoms with Crippen LogP contribution >= 0.6 is 0 Å². The molecule has 11 heteroatoms. The molecule has 0 aromatic heterocycles. The van der Waals surface area contributed by atoms with E-state index in [1.807, 2.05) is 20.9 Å². The third kappa shape index (κ3) is 6.05. The minimum Gasteiger partial charge on any atom is -0.369 e. The van der Waals surface area contributed by atoms with Crippen LogP contribution in [0, 0.1) is 11.3 Å². The number of anilines is 1. The molecule has 0 unspecified atom stereocenters. The first-order valence-electron chi connectivity index (χ1n) is 13.5. The van der Waals surface area contributed by atoms with Crippen LogP contribution in [0.2, 0.25) is 0 Å². The maximum Gasteiger partial charge on any atom is 0.416 e. The molecule has 0 aliphatic heterocycles. The van der Waals surface area contributed by atoms with E-state index in [2.05, 4.69) is 4.90 Å². The summed E-state index contributed by atoms with van der Waals surface area (Å²) in [5.41, 5.74) is 3.16. The number of rotatable bonds is 9. The number of hydrogen-bond donors (Lipinski definition) is 1. The van der Waals surface area contributed by atoms with Crippen molar-refractivity contribution in [3.63, 3.8) is 0 Å². The van der Waals surface area contributed by atoms with Gasteiger partial charge in [0.2, 0.25) is 11.8 Å². The highest BCUT2D eigenvalue weighted by molar-refractivity contribution is 7.91. The number of sulfone groups is 1. The second kappa shape index (κ2) is 11.2. The van der Waals surface area contributed by atoms with Crippen molar-refractivity contribution < 1.29 is 31.2 Å². The summed E-state index contributed by atoms with van der Waals surface area (Å²) in [6.45, 7) is 4.06. The van der Waals surface area contributed by atoms with Crippen molar-refractivity contribution >= 4 is 27.3 Å². The molecule has 2 aliphatic carbocycles. The van der Waals surface area contributed by atoms with E-state index in [-0.39, 0.29) is 41.3 Å². The molecule has 0 heterocycles. The smallest absolute Gasteiger partial charge is 0.369 e. The third-order valence-corrected chi connectivity index (χ3v) is 10.3. The van der Waals surface area contributed by atoms with Crippen molar-refractivity contribution in [1.29, 1.82) is 0 Å². The number of alkyl halides is 3. The number of carbonyl (C=O) groups is 2. The highest BCUT2D eigenvalue weighted by Crippen LogP contribution is 2.49. The lowest BCUT2D eigenvalue weighted by molar-refractivity contribution is -0.138. The second-order valence-electron chi connectivity index (χ2n) is 11.3. The lowest BCUT2D eigenvalue weighted by Crippen LogP contribution is -2.56. The molecule has 2 N–H and O–H groups in total. The Morgan fingerprint density at radius 1 is 1.05 bits per heavy atom. The summed E-state index contributed by atoms with van der Waals surface area (Å²) >= 11 is 0. The van der Waals surface area contributed by atoms with Gasteiger partial charge in [-0.3, -0.25) is 9.59 Å². The Hall–Kier alpha value is -2.92. The lowest BCUT2D eigenvalue weighted by atomic mass is 9.80. The van der Waals surface area contributed by atoms with Gasteiger partial charge in [0.1, 0.15) is 5.41 Å². The zero-order valence-corrected chi connectivity index (χ0v) is 23.7. The second-order valence-corrected chi connectivity index (χ2v) is 13.4. The summed E-state index contributed by atoms with van der Waals surface area (Å²) in [7, 11) is -1.84. The molecular formula is C29H36F3N3O4S. The SMILES string of the molecule is CC(C)N(C)[C@@H]1CC[C@H](N(C(=O)C2(C(N)=O)CC2)c2cccc(C(F)(F)F)c2)[C@H](CS(=O)(=O)c2ccccc2)C1. The van der Waals surface area contributed by atoms with E-state index < -0.39 is 50.8 Å². The lowest BCUT2D eigenvalue weighted by Gasteiger charge is -2.46. The molecule has 0 saturated heterocycles. The van der Waals surface area contributed by atoms with Gasteiger partial charge < -0.3 is 15.5 Å². The molecule has 2 amide bonds. The Balaban J connectivity index is 1.81. The number of nitrogens with zero attached hydrogens (tertiary/aromatic N) is 2. The summed E-state index contributed by atoms with van der Waals surface area (Å²) < 4.78 is 68.2. The number of benzene rings is 2. The summed E-state index contributed by atoms with van der Waals surface area (Å²) in [6, 6.07) is 11.9. The van der Waals surface area contributed by atoms with Gasteiger partial charge in [-0.25, -0.2) is 8.42 Å². The van der Waals surface area contributed by atoms with Gasteiger partial charge in [0.25, 0.3) is 0 Å². The number of halogens is 3. The van der Waals surface area contributed by atoms with Crippen LogP contribution in [-0.2, 0) is 25.6 Å². The summed E-state index contributed by atoms with van der Waals surface area (Å²) in [5, 5.41) is 0. The van der Waals surface area contributed by atoms with Gasteiger partial charge in [-0.2, -0.15) is 13.2 Å². The molecule has 3 atom stereocenters. The molecule has 2 aromatic rings.